The normalized spacial score (nSPS) is 23.1. The third kappa shape index (κ3) is 2.30. The van der Waals surface area contributed by atoms with Crippen LogP contribution in [0, 0.1) is 0 Å². The average Bonchev–Trinajstić information content (AvgIpc) is 2.71. The highest BCUT2D eigenvalue weighted by Crippen LogP contribution is 2.23. The maximum absolute atomic E-state index is 12.2. The van der Waals surface area contributed by atoms with E-state index in [0.717, 1.165) is 4.90 Å². The number of carbonyl (C=O) groups excluding carboxylic acids is 1. The Kier molecular flexibility index (Phi) is 3.49. The van der Waals surface area contributed by atoms with Crippen molar-refractivity contribution in [3.63, 3.8) is 0 Å². The summed E-state index contributed by atoms with van der Waals surface area (Å²) in [5.41, 5.74) is 0.187. The van der Waals surface area contributed by atoms with Crippen molar-refractivity contribution in [2.75, 3.05) is 6.54 Å². The number of amides is 1. The van der Waals surface area contributed by atoms with Gasteiger partial charge >= 0.3 is 5.97 Å². The molecule has 0 saturated carbocycles. The molecule has 7 heteroatoms. The van der Waals surface area contributed by atoms with E-state index in [9.17, 15) is 14.7 Å². The Morgan fingerprint density at radius 1 is 1.50 bits per heavy atom. The monoisotopic (exact) mass is 270 g/mol. The number of halogens is 1. The van der Waals surface area contributed by atoms with Gasteiger partial charge in [-0.3, -0.25) is 9.78 Å². The fourth-order valence-corrected chi connectivity index (χ4v) is 2.18. The minimum atomic E-state index is -1.13. The number of β-amino-alcohol motifs (C(OH)–C–C–N with tert-alkyl or cyclic N) is 1. The molecule has 6 nitrogen and oxygen atoms in total. The molecule has 0 aliphatic carbocycles. The van der Waals surface area contributed by atoms with Gasteiger partial charge in [0.25, 0.3) is 5.91 Å². The first-order valence-electron chi connectivity index (χ1n) is 5.32. The first-order chi connectivity index (χ1) is 8.50. The maximum Gasteiger partial charge on any atom is 0.326 e. The summed E-state index contributed by atoms with van der Waals surface area (Å²) in [6, 6.07) is 0.408. The number of nitrogens with zero attached hydrogens (tertiary/aromatic N) is 2. The number of pyridine rings is 1. The van der Waals surface area contributed by atoms with E-state index in [-0.39, 0.29) is 23.6 Å². The van der Waals surface area contributed by atoms with E-state index < -0.39 is 24.0 Å². The number of carbonyl (C=O) groups is 2. The van der Waals surface area contributed by atoms with E-state index in [2.05, 4.69) is 4.98 Å². The average molecular weight is 271 g/mol. The highest BCUT2D eigenvalue weighted by atomic mass is 35.5. The van der Waals surface area contributed by atoms with E-state index in [0.29, 0.717) is 0 Å². The molecule has 18 heavy (non-hydrogen) atoms. The Labute approximate surface area is 108 Å². The second kappa shape index (κ2) is 4.91. The van der Waals surface area contributed by atoms with Crippen LogP contribution in [-0.2, 0) is 4.79 Å². The number of rotatable bonds is 2. The van der Waals surface area contributed by atoms with Crippen molar-refractivity contribution in [2.24, 2.45) is 0 Å². The molecule has 2 rings (SSSR count). The summed E-state index contributed by atoms with van der Waals surface area (Å²) in [4.78, 5) is 28.1. The lowest BCUT2D eigenvalue weighted by Gasteiger charge is -2.21. The quantitative estimate of drug-likeness (QED) is 0.811. The van der Waals surface area contributed by atoms with Gasteiger partial charge in [-0.25, -0.2) is 4.79 Å². The summed E-state index contributed by atoms with van der Waals surface area (Å²) in [7, 11) is 0. The first-order valence-corrected chi connectivity index (χ1v) is 5.70. The molecular weight excluding hydrogens is 260 g/mol. The molecule has 1 aromatic heterocycles. The molecule has 96 valence electrons. The predicted molar refractivity (Wildman–Crippen MR) is 62.3 cm³/mol. The van der Waals surface area contributed by atoms with Gasteiger partial charge < -0.3 is 15.1 Å². The van der Waals surface area contributed by atoms with Crippen LogP contribution in [0.1, 0.15) is 16.8 Å². The number of hydrogen-bond donors (Lipinski definition) is 2. The second-order valence-electron chi connectivity index (χ2n) is 4.06. The van der Waals surface area contributed by atoms with Crippen LogP contribution in [0.2, 0.25) is 5.02 Å². The minimum Gasteiger partial charge on any atom is -0.480 e. The van der Waals surface area contributed by atoms with E-state index in [4.69, 9.17) is 16.7 Å². The van der Waals surface area contributed by atoms with Crippen molar-refractivity contribution < 1.29 is 19.8 Å². The summed E-state index contributed by atoms with van der Waals surface area (Å²) in [6.45, 7) is -0.00550. The van der Waals surface area contributed by atoms with Crippen molar-refractivity contribution in [1.82, 2.24) is 9.88 Å². The third-order valence-electron chi connectivity index (χ3n) is 2.83. The van der Waals surface area contributed by atoms with Gasteiger partial charge in [-0.05, 0) is 6.07 Å². The topological polar surface area (TPSA) is 90.7 Å². The van der Waals surface area contributed by atoms with Gasteiger partial charge in [0.2, 0.25) is 0 Å². The lowest BCUT2D eigenvalue weighted by atomic mass is 10.2. The van der Waals surface area contributed by atoms with Gasteiger partial charge in [0.05, 0.1) is 16.7 Å². The van der Waals surface area contributed by atoms with Crippen LogP contribution in [0.25, 0.3) is 0 Å². The molecule has 1 fully saturated rings. The lowest BCUT2D eigenvalue weighted by molar-refractivity contribution is -0.141. The Morgan fingerprint density at radius 2 is 2.22 bits per heavy atom. The van der Waals surface area contributed by atoms with Gasteiger partial charge in [0.15, 0.2) is 0 Å². The Morgan fingerprint density at radius 3 is 2.83 bits per heavy atom. The van der Waals surface area contributed by atoms with Crippen LogP contribution in [0.3, 0.4) is 0 Å². The molecule has 0 unspecified atom stereocenters. The summed E-state index contributed by atoms with van der Waals surface area (Å²) in [5, 5.41) is 18.7. The van der Waals surface area contributed by atoms with E-state index in [1.54, 1.807) is 0 Å². The number of aromatic nitrogens is 1. The standard InChI is InChI=1S/C11H11ClN2O4/c12-8-4-13-2-1-7(8)10(16)14-5-6(15)3-9(14)11(17)18/h1-2,4,6,9,15H,3,5H2,(H,17,18)/t6-,9-/m1/s1. The summed E-state index contributed by atoms with van der Waals surface area (Å²) < 4.78 is 0. The van der Waals surface area contributed by atoms with Crippen molar-refractivity contribution in [1.29, 1.82) is 0 Å². The number of carboxylic acids is 1. The zero-order valence-electron chi connectivity index (χ0n) is 9.28. The lowest BCUT2D eigenvalue weighted by Crippen LogP contribution is -2.40. The fourth-order valence-electron chi connectivity index (χ4n) is 1.98. The van der Waals surface area contributed by atoms with E-state index in [1.165, 1.54) is 18.5 Å². The summed E-state index contributed by atoms with van der Waals surface area (Å²) >= 11 is 5.84. The zero-order chi connectivity index (χ0) is 13.3. The van der Waals surface area contributed by atoms with Crippen LogP contribution in [-0.4, -0.2) is 50.7 Å². The Hall–Kier alpha value is -1.66. The maximum atomic E-state index is 12.2. The zero-order valence-corrected chi connectivity index (χ0v) is 10.0. The fraction of sp³-hybridized carbons (Fsp3) is 0.364. The predicted octanol–water partition coefficient (Wildman–Crippen LogP) is 0.395. The molecule has 1 amide bonds. The SMILES string of the molecule is O=C(O)[C@H]1C[C@@H](O)CN1C(=O)c1ccncc1Cl. The van der Waals surface area contributed by atoms with E-state index >= 15 is 0 Å². The van der Waals surface area contributed by atoms with Crippen LogP contribution in [0.15, 0.2) is 18.5 Å². The van der Waals surface area contributed by atoms with Gasteiger partial charge in [-0.15, -0.1) is 0 Å². The highest BCUT2D eigenvalue weighted by Gasteiger charge is 2.39. The van der Waals surface area contributed by atoms with Crippen LogP contribution < -0.4 is 0 Å². The molecule has 0 spiro atoms. The molecule has 2 atom stereocenters. The van der Waals surface area contributed by atoms with Crippen molar-refractivity contribution >= 4 is 23.5 Å². The van der Waals surface area contributed by atoms with Crippen molar-refractivity contribution in [2.45, 2.75) is 18.6 Å². The van der Waals surface area contributed by atoms with E-state index in [1.807, 2.05) is 0 Å². The summed E-state index contributed by atoms with van der Waals surface area (Å²) in [5.74, 6) is -1.64. The minimum absolute atomic E-state index is 0.00550. The molecule has 2 heterocycles. The van der Waals surface area contributed by atoms with Gasteiger partial charge in [-0.1, -0.05) is 11.6 Å². The molecular formula is C11H11ClN2O4. The first kappa shape index (κ1) is 12.8. The summed E-state index contributed by atoms with van der Waals surface area (Å²) in [6.07, 6.45) is 1.93. The number of hydrogen-bond acceptors (Lipinski definition) is 4. The smallest absolute Gasteiger partial charge is 0.326 e. The molecule has 0 bridgehead atoms. The van der Waals surface area contributed by atoms with Crippen LogP contribution in [0.4, 0.5) is 0 Å². The number of aliphatic hydroxyl groups excluding tert-OH is 1. The molecule has 0 radical (unpaired) electrons. The molecule has 0 aromatic carbocycles. The van der Waals surface area contributed by atoms with Gasteiger partial charge in [0, 0.05) is 25.4 Å². The number of likely N-dealkylation sites (tertiary alicyclic amines) is 1. The highest BCUT2D eigenvalue weighted by molar-refractivity contribution is 6.33. The van der Waals surface area contributed by atoms with Gasteiger partial charge in [0.1, 0.15) is 6.04 Å². The number of aliphatic hydroxyl groups is 1. The van der Waals surface area contributed by atoms with Crippen LogP contribution >= 0.6 is 11.6 Å². The Bertz CT molecular complexity index is 494. The molecule has 1 aliphatic heterocycles. The van der Waals surface area contributed by atoms with Crippen molar-refractivity contribution in [3.05, 3.63) is 29.0 Å². The number of carboxylic acid groups (broad SMARTS) is 1. The number of aliphatic carboxylic acids is 1. The van der Waals surface area contributed by atoms with Crippen molar-refractivity contribution in [3.8, 4) is 0 Å². The molecule has 1 aliphatic rings. The Balaban J connectivity index is 2.28. The molecule has 1 saturated heterocycles. The second-order valence-corrected chi connectivity index (χ2v) is 4.46. The molecule has 1 aromatic rings. The largest absolute Gasteiger partial charge is 0.480 e. The molecule has 2 N–H and O–H groups in total. The van der Waals surface area contributed by atoms with Gasteiger partial charge in [-0.2, -0.15) is 0 Å². The van der Waals surface area contributed by atoms with Crippen LogP contribution in [0.5, 0.6) is 0 Å². The third-order valence-corrected chi connectivity index (χ3v) is 3.13.